The Morgan fingerprint density at radius 2 is 1.94 bits per heavy atom. The molecule has 0 aliphatic rings. The Kier molecular flexibility index (Phi) is 4.53. The van der Waals surface area contributed by atoms with Gasteiger partial charge >= 0.3 is 5.69 Å². The molecule has 0 aromatic heterocycles. The molecule has 0 bridgehead atoms. The molecule has 0 heterocycles. The second kappa shape index (κ2) is 5.71. The summed E-state index contributed by atoms with van der Waals surface area (Å²) in [5.74, 6) is 0.424. The summed E-state index contributed by atoms with van der Waals surface area (Å²) in [7, 11) is 3.59. The number of anilines is 2. The van der Waals surface area contributed by atoms with Gasteiger partial charge in [0.25, 0.3) is 0 Å². The van der Waals surface area contributed by atoms with E-state index >= 15 is 0 Å². The maximum Gasteiger partial charge on any atom is 0.315 e. The minimum atomic E-state index is -0.329. The summed E-state index contributed by atoms with van der Waals surface area (Å²) < 4.78 is 0. The Morgan fingerprint density at radius 1 is 1.33 bits per heavy atom. The van der Waals surface area contributed by atoms with Crippen molar-refractivity contribution in [1.29, 1.82) is 0 Å². The van der Waals surface area contributed by atoms with Crippen LogP contribution in [-0.2, 0) is 0 Å². The highest BCUT2D eigenvalue weighted by Gasteiger charge is 2.24. The normalized spacial score (nSPS) is 12.3. The number of para-hydroxylation sites is 1. The molecule has 1 rings (SSSR count). The van der Waals surface area contributed by atoms with E-state index in [0.717, 1.165) is 0 Å². The molecule has 1 unspecified atom stereocenters. The lowest BCUT2D eigenvalue weighted by Gasteiger charge is -2.29. The highest BCUT2D eigenvalue weighted by atomic mass is 16.6. The molecule has 0 spiro atoms. The van der Waals surface area contributed by atoms with Crippen LogP contribution in [0.15, 0.2) is 18.2 Å². The van der Waals surface area contributed by atoms with E-state index < -0.39 is 0 Å². The van der Waals surface area contributed by atoms with E-state index in [0.29, 0.717) is 17.3 Å². The maximum atomic E-state index is 11.2. The van der Waals surface area contributed by atoms with Crippen molar-refractivity contribution in [3.63, 3.8) is 0 Å². The van der Waals surface area contributed by atoms with Crippen molar-refractivity contribution in [2.75, 3.05) is 24.3 Å². The number of nitrogens with one attached hydrogen (secondary N) is 1. The summed E-state index contributed by atoms with van der Waals surface area (Å²) in [6.07, 6.45) is 0. The third-order valence-electron chi connectivity index (χ3n) is 3.42. The molecule has 0 saturated carbocycles. The SMILES string of the molecule is CNc1cccc(N(C)C(C)C(C)C)c1[N+](=O)[O-]. The molecule has 0 aliphatic carbocycles. The van der Waals surface area contributed by atoms with Gasteiger partial charge in [0.2, 0.25) is 0 Å². The number of nitrogens with zero attached hydrogens (tertiary/aromatic N) is 2. The third-order valence-corrected chi connectivity index (χ3v) is 3.42. The van der Waals surface area contributed by atoms with E-state index in [4.69, 9.17) is 0 Å². The molecule has 1 N–H and O–H groups in total. The molecular weight excluding hydrogens is 230 g/mol. The number of nitro benzene ring substituents is 1. The van der Waals surface area contributed by atoms with Gasteiger partial charge in [0.15, 0.2) is 0 Å². The summed E-state index contributed by atoms with van der Waals surface area (Å²) in [6, 6.07) is 5.57. The van der Waals surface area contributed by atoms with Gasteiger partial charge in [-0.15, -0.1) is 0 Å². The summed E-state index contributed by atoms with van der Waals surface area (Å²) in [6.45, 7) is 6.28. The smallest absolute Gasteiger partial charge is 0.315 e. The minimum Gasteiger partial charge on any atom is -0.382 e. The standard InChI is InChI=1S/C13H21N3O2/c1-9(2)10(3)15(5)12-8-6-7-11(14-4)13(12)16(17)18/h6-10,14H,1-5H3. The monoisotopic (exact) mass is 251 g/mol. The molecule has 100 valence electrons. The van der Waals surface area contributed by atoms with Crippen molar-refractivity contribution in [3.05, 3.63) is 28.3 Å². The van der Waals surface area contributed by atoms with Crippen molar-refractivity contribution in [1.82, 2.24) is 0 Å². The molecule has 5 nitrogen and oxygen atoms in total. The highest BCUT2D eigenvalue weighted by molar-refractivity contribution is 5.76. The zero-order valence-electron chi connectivity index (χ0n) is 11.6. The zero-order valence-corrected chi connectivity index (χ0v) is 11.6. The van der Waals surface area contributed by atoms with Crippen LogP contribution in [0.2, 0.25) is 0 Å². The highest BCUT2D eigenvalue weighted by Crippen LogP contribution is 2.36. The molecule has 1 aromatic carbocycles. The van der Waals surface area contributed by atoms with E-state index in [-0.39, 0.29) is 16.7 Å². The van der Waals surface area contributed by atoms with Crippen LogP contribution in [-0.4, -0.2) is 25.1 Å². The van der Waals surface area contributed by atoms with Gasteiger partial charge in [0.1, 0.15) is 11.4 Å². The molecular formula is C13H21N3O2. The Bertz CT molecular complexity index is 432. The number of hydrogen-bond donors (Lipinski definition) is 1. The number of hydrogen-bond acceptors (Lipinski definition) is 4. The first kappa shape index (κ1) is 14.3. The van der Waals surface area contributed by atoms with E-state index in [2.05, 4.69) is 26.1 Å². The second-order valence-corrected chi connectivity index (χ2v) is 4.78. The zero-order chi connectivity index (χ0) is 13.9. The van der Waals surface area contributed by atoms with Gasteiger partial charge in [0.05, 0.1) is 4.92 Å². The first-order valence-corrected chi connectivity index (χ1v) is 6.08. The Labute approximate surface area is 108 Å². The summed E-state index contributed by atoms with van der Waals surface area (Å²) in [4.78, 5) is 12.9. The maximum absolute atomic E-state index is 11.2. The van der Waals surface area contributed by atoms with Gasteiger partial charge in [-0.3, -0.25) is 10.1 Å². The van der Waals surface area contributed by atoms with Crippen LogP contribution in [0.3, 0.4) is 0 Å². The van der Waals surface area contributed by atoms with Crippen molar-refractivity contribution < 1.29 is 4.92 Å². The fourth-order valence-corrected chi connectivity index (χ4v) is 1.88. The first-order valence-electron chi connectivity index (χ1n) is 6.08. The summed E-state index contributed by atoms with van der Waals surface area (Å²) in [5.41, 5.74) is 1.32. The van der Waals surface area contributed by atoms with Crippen LogP contribution in [0.4, 0.5) is 17.1 Å². The second-order valence-electron chi connectivity index (χ2n) is 4.78. The van der Waals surface area contributed by atoms with Gasteiger partial charge in [-0.1, -0.05) is 19.9 Å². The van der Waals surface area contributed by atoms with Crippen molar-refractivity contribution >= 4 is 17.1 Å². The molecule has 18 heavy (non-hydrogen) atoms. The first-order chi connectivity index (χ1) is 8.40. The van der Waals surface area contributed by atoms with Crippen LogP contribution in [0.5, 0.6) is 0 Å². The molecule has 5 heteroatoms. The Balaban J connectivity index is 3.27. The predicted molar refractivity (Wildman–Crippen MR) is 75.3 cm³/mol. The number of nitro groups is 1. The van der Waals surface area contributed by atoms with Gasteiger partial charge in [-0.05, 0) is 25.0 Å². The van der Waals surface area contributed by atoms with E-state index in [1.54, 1.807) is 19.2 Å². The molecule has 0 aliphatic heterocycles. The predicted octanol–water partition coefficient (Wildman–Crippen LogP) is 3.12. The van der Waals surface area contributed by atoms with Crippen LogP contribution >= 0.6 is 0 Å². The van der Waals surface area contributed by atoms with Crippen LogP contribution in [0.25, 0.3) is 0 Å². The Morgan fingerprint density at radius 3 is 2.39 bits per heavy atom. The van der Waals surface area contributed by atoms with Crippen molar-refractivity contribution in [2.24, 2.45) is 5.92 Å². The molecule has 0 radical (unpaired) electrons. The molecule has 0 amide bonds. The van der Waals surface area contributed by atoms with E-state index in [1.165, 1.54) is 0 Å². The van der Waals surface area contributed by atoms with Gasteiger partial charge in [-0.25, -0.2) is 0 Å². The molecule has 1 atom stereocenters. The lowest BCUT2D eigenvalue weighted by Crippen LogP contribution is -2.33. The quantitative estimate of drug-likeness (QED) is 0.645. The van der Waals surface area contributed by atoms with Gasteiger partial charge in [-0.2, -0.15) is 0 Å². The third kappa shape index (κ3) is 2.72. The molecule has 0 saturated heterocycles. The van der Waals surface area contributed by atoms with Gasteiger partial charge < -0.3 is 10.2 Å². The lowest BCUT2D eigenvalue weighted by atomic mass is 10.0. The van der Waals surface area contributed by atoms with Gasteiger partial charge in [0, 0.05) is 20.1 Å². The Hall–Kier alpha value is -1.78. The average molecular weight is 251 g/mol. The minimum absolute atomic E-state index is 0.134. The molecule has 0 fully saturated rings. The lowest BCUT2D eigenvalue weighted by molar-refractivity contribution is -0.383. The fraction of sp³-hybridized carbons (Fsp3) is 0.538. The van der Waals surface area contributed by atoms with E-state index in [9.17, 15) is 10.1 Å². The summed E-state index contributed by atoms with van der Waals surface area (Å²) in [5, 5.41) is 14.1. The van der Waals surface area contributed by atoms with E-state index in [1.807, 2.05) is 18.0 Å². The van der Waals surface area contributed by atoms with Crippen LogP contribution < -0.4 is 10.2 Å². The average Bonchev–Trinajstić information content (AvgIpc) is 2.35. The van der Waals surface area contributed by atoms with Crippen molar-refractivity contribution in [2.45, 2.75) is 26.8 Å². The molecule has 1 aromatic rings. The van der Waals surface area contributed by atoms with Crippen LogP contribution in [0, 0.1) is 16.0 Å². The number of rotatable bonds is 5. The largest absolute Gasteiger partial charge is 0.382 e. The summed E-state index contributed by atoms with van der Waals surface area (Å²) >= 11 is 0. The fourth-order valence-electron chi connectivity index (χ4n) is 1.88. The topological polar surface area (TPSA) is 58.4 Å². The number of benzene rings is 1. The van der Waals surface area contributed by atoms with Crippen LogP contribution in [0.1, 0.15) is 20.8 Å². The van der Waals surface area contributed by atoms with Crippen molar-refractivity contribution in [3.8, 4) is 0 Å².